The zero-order valence-corrected chi connectivity index (χ0v) is 12.3. The third-order valence-electron chi connectivity index (χ3n) is 3.28. The molecule has 1 atom stereocenters. The van der Waals surface area contributed by atoms with E-state index in [-0.39, 0.29) is 0 Å². The van der Waals surface area contributed by atoms with Crippen LogP contribution in [0.4, 0.5) is 0 Å². The summed E-state index contributed by atoms with van der Waals surface area (Å²) in [6.07, 6.45) is 2.71. The molecular weight excluding hydrogens is 248 g/mol. The highest BCUT2D eigenvalue weighted by Gasteiger charge is 2.32. The highest BCUT2D eigenvalue weighted by Crippen LogP contribution is 2.43. The van der Waals surface area contributed by atoms with Gasteiger partial charge in [-0.05, 0) is 43.0 Å². The van der Waals surface area contributed by atoms with E-state index in [1.54, 1.807) is 0 Å². The summed E-state index contributed by atoms with van der Waals surface area (Å²) in [5.41, 5.74) is 2.63. The third kappa shape index (κ3) is 3.83. The maximum Gasteiger partial charge on any atom is 0.204 e. The monoisotopic (exact) mass is 267 g/mol. The maximum absolute atomic E-state index is 5.90. The highest BCUT2D eigenvalue weighted by molar-refractivity contribution is 6.48. The number of rotatable bonds is 6. The lowest BCUT2D eigenvalue weighted by Gasteiger charge is -2.19. The summed E-state index contributed by atoms with van der Waals surface area (Å²) in [7, 11) is -0.583. The summed E-state index contributed by atoms with van der Waals surface area (Å²) >= 11 is 5.90. The number of alkyl halides is 1. The van der Waals surface area contributed by atoms with Gasteiger partial charge in [0.25, 0.3) is 0 Å². The second kappa shape index (κ2) is 6.03. The van der Waals surface area contributed by atoms with Gasteiger partial charge in [-0.1, -0.05) is 24.3 Å². The van der Waals surface area contributed by atoms with Crippen LogP contribution in [0.5, 0.6) is 0 Å². The molecule has 1 unspecified atom stereocenters. The van der Waals surface area contributed by atoms with Crippen LogP contribution in [0.15, 0.2) is 24.3 Å². The number of halogens is 1. The molecule has 1 nitrogen and oxygen atoms in total. The Morgan fingerprint density at radius 2 is 2.18 bits per heavy atom. The molecule has 1 fully saturated rings. The summed E-state index contributed by atoms with van der Waals surface area (Å²) < 4.78 is 5.90. The van der Waals surface area contributed by atoms with Crippen LogP contribution >= 0.6 is 11.6 Å². The molecule has 1 radical (unpaired) electrons. The second-order valence-electron chi connectivity index (χ2n) is 5.04. The van der Waals surface area contributed by atoms with Crippen LogP contribution in [-0.4, -0.2) is 15.6 Å². The smallest absolute Gasteiger partial charge is 0.204 e. The Morgan fingerprint density at radius 3 is 2.76 bits per heavy atom. The lowest BCUT2D eigenvalue weighted by molar-refractivity contribution is 0.281. The first kappa shape index (κ1) is 13.1. The van der Waals surface area contributed by atoms with Gasteiger partial charge in [-0.3, -0.25) is 0 Å². The van der Waals surface area contributed by atoms with Crippen molar-refractivity contribution in [3.8, 4) is 0 Å². The Labute approximate surface area is 111 Å². The summed E-state index contributed by atoms with van der Waals surface area (Å²) in [5, 5.41) is 0. The quantitative estimate of drug-likeness (QED) is 0.555. The first-order chi connectivity index (χ1) is 8.20. The summed E-state index contributed by atoms with van der Waals surface area (Å²) in [5.74, 6) is 2.02. The average molecular weight is 268 g/mol. The van der Waals surface area contributed by atoms with E-state index in [0.29, 0.717) is 11.8 Å². The molecular formula is C14H20ClOSi. The fourth-order valence-corrected chi connectivity index (χ4v) is 2.85. The predicted molar refractivity (Wildman–Crippen MR) is 74.9 cm³/mol. The maximum atomic E-state index is 5.90. The fraction of sp³-hybridized carbons (Fsp3) is 0.571. The van der Waals surface area contributed by atoms with Crippen LogP contribution < -0.4 is 0 Å². The van der Waals surface area contributed by atoms with E-state index >= 15 is 0 Å². The molecule has 0 bridgehead atoms. The van der Waals surface area contributed by atoms with Crippen molar-refractivity contribution in [3.63, 3.8) is 0 Å². The molecule has 0 spiro atoms. The molecule has 1 aliphatic carbocycles. The second-order valence-corrected chi connectivity index (χ2v) is 7.41. The van der Waals surface area contributed by atoms with Gasteiger partial charge in [0.1, 0.15) is 0 Å². The summed E-state index contributed by atoms with van der Waals surface area (Å²) in [6, 6.07) is 8.68. The van der Waals surface area contributed by atoms with Crippen molar-refractivity contribution in [2.24, 2.45) is 5.92 Å². The minimum atomic E-state index is -0.583. The average Bonchev–Trinajstić information content (AvgIpc) is 3.14. The normalized spacial score (nSPS) is 17.4. The minimum absolute atomic E-state index is 0.582. The molecule has 1 aromatic rings. The van der Waals surface area contributed by atoms with Crippen molar-refractivity contribution in [1.82, 2.24) is 0 Å². The van der Waals surface area contributed by atoms with Crippen molar-refractivity contribution in [2.75, 3.05) is 6.61 Å². The van der Waals surface area contributed by atoms with Crippen LogP contribution in [0.25, 0.3) is 0 Å². The number of hydrogen-bond donors (Lipinski definition) is 0. The van der Waals surface area contributed by atoms with E-state index in [4.69, 9.17) is 16.0 Å². The van der Waals surface area contributed by atoms with Crippen molar-refractivity contribution < 1.29 is 4.43 Å². The van der Waals surface area contributed by atoms with Crippen LogP contribution in [0.3, 0.4) is 0 Å². The molecule has 0 saturated heterocycles. The van der Waals surface area contributed by atoms with Gasteiger partial charge in [-0.15, -0.1) is 11.6 Å². The third-order valence-corrected chi connectivity index (χ3v) is 4.33. The van der Waals surface area contributed by atoms with Gasteiger partial charge in [0.2, 0.25) is 9.04 Å². The lowest BCUT2D eigenvalue weighted by atomic mass is 9.94. The van der Waals surface area contributed by atoms with Crippen molar-refractivity contribution in [2.45, 2.75) is 37.7 Å². The van der Waals surface area contributed by atoms with E-state index < -0.39 is 9.04 Å². The Balaban J connectivity index is 2.08. The summed E-state index contributed by atoms with van der Waals surface area (Å²) in [6.45, 7) is 5.28. The molecule has 1 aromatic carbocycles. The van der Waals surface area contributed by atoms with E-state index in [0.717, 1.165) is 12.5 Å². The highest BCUT2D eigenvalue weighted by atomic mass is 35.5. The van der Waals surface area contributed by atoms with Gasteiger partial charge in [-0.2, -0.15) is 0 Å². The molecule has 1 aliphatic rings. The van der Waals surface area contributed by atoms with E-state index in [2.05, 4.69) is 37.4 Å². The molecule has 2 rings (SSSR count). The van der Waals surface area contributed by atoms with Crippen LogP contribution in [0.1, 0.15) is 29.9 Å². The van der Waals surface area contributed by atoms with Gasteiger partial charge >= 0.3 is 0 Å². The van der Waals surface area contributed by atoms with Crippen molar-refractivity contribution in [3.05, 3.63) is 35.4 Å². The van der Waals surface area contributed by atoms with E-state index in [1.165, 1.54) is 24.0 Å². The Kier molecular flexibility index (Phi) is 4.66. The van der Waals surface area contributed by atoms with Crippen LogP contribution in [0, 0.1) is 5.92 Å². The topological polar surface area (TPSA) is 9.23 Å². The minimum Gasteiger partial charge on any atom is -0.417 e. The van der Waals surface area contributed by atoms with Gasteiger partial charge in [0, 0.05) is 18.4 Å². The molecule has 0 heterocycles. The first-order valence-electron chi connectivity index (χ1n) is 6.28. The predicted octanol–water partition coefficient (Wildman–Crippen LogP) is 4.19. The summed E-state index contributed by atoms with van der Waals surface area (Å²) in [4.78, 5) is 0. The molecule has 17 heavy (non-hydrogen) atoms. The standard InChI is InChI=1S/C14H20ClOSi/c1-17(2)16-10-14(12-6-7-12)13-5-3-4-11(8-13)9-15/h3-5,8,12,14H,6-7,9-10H2,1-2H3. The molecule has 93 valence electrons. The molecule has 0 N–H and O–H groups in total. The van der Waals surface area contributed by atoms with Crippen LogP contribution in [-0.2, 0) is 10.3 Å². The molecule has 1 saturated carbocycles. The fourth-order valence-electron chi connectivity index (χ4n) is 2.17. The van der Waals surface area contributed by atoms with Gasteiger partial charge in [0.15, 0.2) is 0 Å². The van der Waals surface area contributed by atoms with Crippen LogP contribution in [0.2, 0.25) is 13.1 Å². The van der Waals surface area contributed by atoms with Gasteiger partial charge in [-0.25, -0.2) is 0 Å². The Morgan fingerprint density at radius 1 is 1.41 bits per heavy atom. The first-order valence-corrected chi connectivity index (χ1v) is 9.22. The zero-order valence-electron chi connectivity index (χ0n) is 10.6. The van der Waals surface area contributed by atoms with Crippen molar-refractivity contribution in [1.29, 1.82) is 0 Å². The SMILES string of the molecule is C[Si](C)OCC(c1cccc(CCl)c1)C1CC1. The van der Waals surface area contributed by atoms with Gasteiger partial charge in [0.05, 0.1) is 0 Å². The zero-order chi connectivity index (χ0) is 12.3. The largest absolute Gasteiger partial charge is 0.417 e. The van der Waals surface area contributed by atoms with Gasteiger partial charge < -0.3 is 4.43 Å². The lowest BCUT2D eigenvalue weighted by Crippen LogP contribution is -2.16. The molecule has 0 aromatic heterocycles. The van der Waals surface area contributed by atoms with E-state index in [9.17, 15) is 0 Å². The molecule has 3 heteroatoms. The van der Waals surface area contributed by atoms with Crippen molar-refractivity contribution >= 4 is 20.6 Å². The molecule has 0 amide bonds. The number of benzene rings is 1. The number of hydrogen-bond acceptors (Lipinski definition) is 1. The Hall–Kier alpha value is -0.313. The molecule has 0 aliphatic heterocycles. The Bertz CT molecular complexity index is 363. The van der Waals surface area contributed by atoms with E-state index in [1.807, 2.05) is 0 Å².